The molecule has 0 bridgehead atoms. The standard InChI is InChI=1S/C13H14BrN3O2/c1-18-13(3-2-4-13)12-16-11(19-17-12)8-5-9(14)7-10(15)6-8/h5-7H,2-4,15H2,1H3. The highest BCUT2D eigenvalue weighted by molar-refractivity contribution is 9.10. The van der Waals surface area contributed by atoms with Gasteiger partial charge in [0.05, 0.1) is 0 Å². The molecule has 1 heterocycles. The summed E-state index contributed by atoms with van der Waals surface area (Å²) in [6, 6.07) is 5.53. The lowest BCUT2D eigenvalue weighted by molar-refractivity contribution is -0.0858. The maximum absolute atomic E-state index is 5.81. The van der Waals surface area contributed by atoms with E-state index in [0.717, 1.165) is 29.3 Å². The van der Waals surface area contributed by atoms with Gasteiger partial charge in [-0.05, 0) is 37.5 Å². The lowest BCUT2D eigenvalue weighted by atomic mass is 9.79. The Morgan fingerprint density at radius 1 is 1.37 bits per heavy atom. The van der Waals surface area contributed by atoms with Crippen molar-refractivity contribution in [3.05, 3.63) is 28.5 Å². The van der Waals surface area contributed by atoms with Gasteiger partial charge in [-0.2, -0.15) is 4.98 Å². The molecule has 0 saturated heterocycles. The smallest absolute Gasteiger partial charge is 0.258 e. The van der Waals surface area contributed by atoms with E-state index in [1.54, 1.807) is 7.11 Å². The first-order valence-electron chi connectivity index (χ1n) is 6.09. The number of nitrogen functional groups attached to an aromatic ring is 1. The van der Waals surface area contributed by atoms with Crippen LogP contribution in [0.15, 0.2) is 27.2 Å². The molecule has 1 aliphatic rings. The molecule has 1 fully saturated rings. The van der Waals surface area contributed by atoms with Crippen molar-refractivity contribution in [3.8, 4) is 11.5 Å². The molecule has 0 aliphatic heterocycles. The number of halogens is 1. The number of rotatable bonds is 3. The number of anilines is 1. The third kappa shape index (κ3) is 2.15. The number of ether oxygens (including phenoxy) is 1. The Kier molecular flexibility index (Phi) is 3.06. The molecule has 6 heteroatoms. The molecule has 0 radical (unpaired) electrons. The van der Waals surface area contributed by atoms with Gasteiger partial charge in [-0.25, -0.2) is 0 Å². The van der Waals surface area contributed by atoms with Crippen LogP contribution in [0.4, 0.5) is 5.69 Å². The fraction of sp³-hybridized carbons (Fsp3) is 0.385. The van der Waals surface area contributed by atoms with E-state index in [2.05, 4.69) is 26.1 Å². The van der Waals surface area contributed by atoms with Crippen LogP contribution in [0.1, 0.15) is 25.1 Å². The molecular weight excluding hydrogens is 310 g/mol. The van der Waals surface area contributed by atoms with Gasteiger partial charge in [-0.1, -0.05) is 21.1 Å². The second-order valence-corrected chi connectivity index (χ2v) is 5.66. The van der Waals surface area contributed by atoms with Crippen molar-refractivity contribution in [2.75, 3.05) is 12.8 Å². The van der Waals surface area contributed by atoms with Crippen LogP contribution in [0.5, 0.6) is 0 Å². The number of nitrogens with zero attached hydrogens (tertiary/aromatic N) is 2. The average molecular weight is 324 g/mol. The number of hydrogen-bond acceptors (Lipinski definition) is 5. The van der Waals surface area contributed by atoms with Crippen LogP contribution in [0.3, 0.4) is 0 Å². The van der Waals surface area contributed by atoms with E-state index in [1.165, 1.54) is 0 Å². The Morgan fingerprint density at radius 2 is 2.16 bits per heavy atom. The van der Waals surface area contributed by atoms with Gasteiger partial charge in [0, 0.05) is 22.8 Å². The van der Waals surface area contributed by atoms with Crippen molar-refractivity contribution >= 4 is 21.6 Å². The molecule has 3 rings (SSSR count). The zero-order valence-electron chi connectivity index (χ0n) is 10.5. The van der Waals surface area contributed by atoms with Gasteiger partial charge in [0.1, 0.15) is 5.60 Å². The van der Waals surface area contributed by atoms with Crippen LogP contribution >= 0.6 is 15.9 Å². The second-order valence-electron chi connectivity index (χ2n) is 4.75. The van der Waals surface area contributed by atoms with E-state index in [1.807, 2.05) is 18.2 Å². The average Bonchev–Trinajstić information content (AvgIpc) is 2.77. The third-order valence-electron chi connectivity index (χ3n) is 3.55. The van der Waals surface area contributed by atoms with Gasteiger partial charge in [0.2, 0.25) is 5.82 Å². The highest BCUT2D eigenvalue weighted by Gasteiger charge is 2.43. The van der Waals surface area contributed by atoms with Crippen molar-refractivity contribution in [1.82, 2.24) is 10.1 Å². The zero-order valence-corrected chi connectivity index (χ0v) is 12.1. The lowest BCUT2D eigenvalue weighted by Gasteiger charge is -2.37. The van der Waals surface area contributed by atoms with Crippen molar-refractivity contribution < 1.29 is 9.26 Å². The molecule has 2 aromatic rings. The van der Waals surface area contributed by atoms with Gasteiger partial charge in [0.15, 0.2) is 0 Å². The predicted octanol–water partition coefficient (Wildman–Crippen LogP) is 3.11. The Balaban J connectivity index is 1.97. The van der Waals surface area contributed by atoms with Gasteiger partial charge >= 0.3 is 0 Å². The van der Waals surface area contributed by atoms with Crippen LogP contribution in [0.25, 0.3) is 11.5 Å². The van der Waals surface area contributed by atoms with Crippen LogP contribution in [0, 0.1) is 0 Å². The number of benzene rings is 1. The first kappa shape index (κ1) is 12.6. The summed E-state index contributed by atoms with van der Waals surface area (Å²) in [4.78, 5) is 4.45. The Bertz CT molecular complexity index is 582. The maximum Gasteiger partial charge on any atom is 0.258 e. The van der Waals surface area contributed by atoms with E-state index >= 15 is 0 Å². The first-order chi connectivity index (χ1) is 9.13. The topological polar surface area (TPSA) is 74.2 Å². The third-order valence-corrected chi connectivity index (χ3v) is 4.01. The van der Waals surface area contributed by atoms with Gasteiger partial charge < -0.3 is 15.0 Å². The highest BCUT2D eigenvalue weighted by atomic mass is 79.9. The predicted molar refractivity (Wildman–Crippen MR) is 74.4 cm³/mol. The fourth-order valence-electron chi connectivity index (χ4n) is 2.28. The molecular formula is C13H14BrN3O2. The molecule has 5 nitrogen and oxygen atoms in total. The minimum atomic E-state index is -0.362. The van der Waals surface area contributed by atoms with Crippen molar-refractivity contribution in [1.29, 1.82) is 0 Å². The molecule has 100 valence electrons. The molecule has 0 unspecified atom stereocenters. The first-order valence-corrected chi connectivity index (χ1v) is 6.88. The summed E-state index contributed by atoms with van der Waals surface area (Å²) in [5.74, 6) is 1.08. The number of aromatic nitrogens is 2. The molecule has 1 aliphatic carbocycles. The molecule has 2 N–H and O–H groups in total. The summed E-state index contributed by atoms with van der Waals surface area (Å²) in [7, 11) is 1.69. The fourth-order valence-corrected chi connectivity index (χ4v) is 2.79. The molecule has 19 heavy (non-hydrogen) atoms. The van der Waals surface area contributed by atoms with Crippen LogP contribution in [-0.4, -0.2) is 17.3 Å². The SMILES string of the molecule is COC1(c2noc(-c3cc(N)cc(Br)c3)n2)CCC1. The summed E-state index contributed by atoms with van der Waals surface area (Å²) >= 11 is 3.40. The minimum absolute atomic E-state index is 0.362. The number of hydrogen-bond donors (Lipinski definition) is 1. The highest BCUT2D eigenvalue weighted by Crippen LogP contribution is 2.43. The van der Waals surface area contributed by atoms with E-state index in [-0.39, 0.29) is 5.60 Å². The summed E-state index contributed by atoms with van der Waals surface area (Å²) in [5.41, 5.74) is 6.90. The molecule has 0 amide bonds. The van der Waals surface area contributed by atoms with Crippen LogP contribution in [0.2, 0.25) is 0 Å². The molecule has 1 aromatic heterocycles. The minimum Gasteiger partial charge on any atom is -0.399 e. The summed E-state index contributed by atoms with van der Waals surface area (Å²) in [6.45, 7) is 0. The molecule has 0 atom stereocenters. The van der Waals surface area contributed by atoms with Crippen molar-refractivity contribution in [3.63, 3.8) is 0 Å². The Morgan fingerprint density at radius 3 is 2.74 bits per heavy atom. The largest absolute Gasteiger partial charge is 0.399 e. The van der Waals surface area contributed by atoms with Gasteiger partial charge in [0.25, 0.3) is 5.89 Å². The van der Waals surface area contributed by atoms with E-state index in [9.17, 15) is 0 Å². The molecule has 0 spiro atoms. The molecule has 1 saturated carbocycles. The quantitative estimate of drug-likeness (QED) is 0.878. The zero-order chi connectivity index (χ0) is 13.5. The summed E-state index contributed by atoms with van der Waals surface area (Å²) in [5, 5.41) is 4.05. The summed E-state index contributed by atoms with van der Waals surface area (Å²) in [6.07, 6.45) is 2.99. The molecule has 1 aromatic carbocycles. The van der Waals surface area contributed by atoms with E-state index in [4.69, 9.17) is 15.0 Å². The Labute approximate surface area is 119 Å². The van der Waals surface area contributed by atoms with Crippen molar-refractivity contribution in [2.24, 2.45) is 0 Å². The normalized spacial score (nSPS) is 17.2. The lowest BCUT2D eigenvalue weighted by Crippen LogP contribution is -2.37. The van der Waals surface area contributed by atoms with E-state index < -0.39 is 0 Å². The number of methoxy groups -OCH3 is 1. The van der Waals surface area contributed by atoms with Gasteiger partial charge in [-0.3, -0.25) is 0 Å². The summed E-state index contributed by atoms with van der Waals surface area (Å²) < 4.78 is 11.7. The van der Waals surface area contributed by atoms with Gasteiger partial charge in [-0.15, -0.1) is 0 Å². The van der Waals surface area contributed by atoms with E-state index in [0.29, 0.717) is 17.4 Å². The maximum atomic E-state index is 5.81. The monoisotopic (exact) mass is 323 g/mol. The van der Waals surface area contributed by atoms with Crippen LogP contribution < -0.4 is 5.73 Å². The second kappa shape index (κ2) is 4.61. The number of nitrogens with two attached hydrogens (primary N) is 1. The van der Waals surface area contributed by atoms with Crippen LogP contribution in [-0.2, 0) is 10.3 Å². The Hall–Kier alpha value is -1.40. The van der Waals surface area contributed by atoms with Crippen molar-refractivity contribution in [2.45, 2.75) is 24.9 Å².